The summed E-state index contributed by atoms with van der Waals surface area (Å²) in [6.07, 6.45) is 21.7. The van der Waals surface area contributed by atoms with Gasteiger partial charge in [-0.15, -0.1) is 0 Å². The second-order valence-corrected chi connectivity index (χ2v) is 9.18. The average molecular weight is 457 g/mol. The minimum atomic E-state index is -0.949. The van der Waals surface area contributed by atoms with E-state index in [0.717, 1.165) is 32.1 Å². The van der Waals surface area contributed by atoms with E-state index in [0.29, 0.717) is 12.8 Å². The molecule has 1 atom stereocenters. The topological polar surface area (TPSA) is 72.8 Å². The highest BCUT2D eigenvalue weighted by atomic mass is 16.6. The molecular formula is C27H52O5. The number of carbonyl (C=O) groups excluding carboxylic acids is 2. The zero-order valence-electron chi connectivity index (χ0n) is 21.2. The standard InChI is InChI=1S/C27H52O5/c1-3-5-7-9-10-11-12-13-14-15-16-18-20-22-27(30)32-24-25(28)23-31-26(29)21-19-17-8-6-4-2/h25,28H,3-24H2,1-2H3/t25-/m1/s1. The quantitative estimate of drug-likeness (QED) is 0.122. The first-order valence-corrected chi connectivity index (χ1v) is 13.6. The van der Waals surface area contributed by atoms with Crippen LogP contribution in [-0.4, -0.2) is 36.4 Å². The van der Waals surface area contributed by atoms with E-state index in [9.17, 15) is 14.7 Å². The molecular weight excluding hydrogens is 404 g/mol. The van der Waals surface area contributed by atoms with Gasteiger partial charge in [0.2, 0.25) is 0 Å². The Morgan fingerprint density at radius 1 is 0.531 bits per heavy atom. The Hall–Kier alpha value is -1.10. The molecule has 0 rings (SSSR count). The lowest BCUT2D eigenvalue weighted by Crippen LogP contribution is -2.25. The van der Waals surface area contributed by atoms with Crippen LogP contribution in [0, 0.1) is 0 Å². The van der Waals surface area contributed by atoms with Crippen LogP contribution in [-0.2, 0) is 19.1 Å². The van der Waals surface area contributed by atoms with Gasteiger partial charge in [-0.2, -0.15) is 0 Å². The number of carbonyl (C=O) groups is 2. The molecule has 0 spiro atoms. The Bertz CT molecular complexity index is 424. The van der Waals surface area contributed by atoms with Gasteiger partial charge in [0.05, 0.1) is 0 Å². The fraction of sp³-hybridized carbons (Fsp3) is 0.926. The number of hydrogen-bond donors (Lipinski definition) is 1. The lowest BCUT2D eigenvalue weighted by molar-refractivity contribution is -0.152. The maximum Gasteiger partial charge on any atom is 0.305 e. The summed E-state index contributed by atoms with van der Waals surface area (Å²) in [5.41, 5.74) is 0. The molecule has 0 aliphatic heterocycles. The molecule has 0 aromatic rings. The predicted octanol–water partition coefficient (Wildman–Crippen LogP) is 7.28. The number of aliphatic hydroxyl groups excluding tert-OH is 1. The number of hydrogen-bond acceptors (Lipinski definition) is 5. The fourth-order valence-electron chi connectivity index (χ4n) is 3.73. The second-order valence-electron chi connectivity index (χ2n) is 9.18. The molecule has 0 amide bonds. The molecule has 190 valence electrons. The van der Waals surface area contributed by atoms with Crippen LogP contribution < -0.4 is 0 Å². The smallest absolute Gasteiger partial charge is 0.305 e. The van der Waals surface area contributed by atoms with Crippen LogP contribution in [0.4, 0.5) is 0 Å². The first-order chi connectivity index (χ1) is 15.6. The molecule has 1 N–H and O–H groups in total. The van der Waals surface area contributed by atoms with Crippen LogP contribution in [0.2, 0.25) is 0 Å². The number of ether oxygens (including phenoxy) is 2. The molecule has 0 aromatic carbocycles. The van der Waals surface area contributed by atoms with Crippen LogP contribution in [0.15, 0.2) is 0 Å². The summed E-state index contributed by atoms with van der Waals surface area (Å²) in [5.74, 6) is -0.576. The van der Waals surface area contributed by atoms with Gasteiger partial charge >= 0.3 is 11.9 Å². The number of esters is 2. The molecule has 0 aliphatic carbocycles. The zero-order chi connectivity index (χ0) is 23.7. The first kappa shape index (κ1) is 30.9. The van der Waals surface area contributed by atoms with Crippen molar-refractivity contribution in [3.8, 4) is 0 Å². The van der Waals surface area contributed by atoms with Crippen molar-refractivity contribution < 1.29 is 24.2 Å². The summed E-state index contributed by atoms with van der Waals surface area (Å²) in [4.78, 5) is 23.4. The van der Waals surface area contributed by atoms with Gasteiger partial charge in [0.15, 0.2) is 0 Å². The summed E-state index contributed by atoms with van der Waals surface area (Å²) in [6.45, 7) is 4.19. The maximum atomic E-state index is 11.8. The van der Waals surface area contributed by atoms with Gasteiger partial charge in [-0.25, -0.2) is 0 Å². The van der Waals surface area contributed by atoms with Crippen molar-refractivity contribution in [3.05, 3.63) is 0 Å². The largest absolute Gasteiger partial charge is 0.463 e. The van der Waals surface area contributed by atoms with E-state index >= 15 is 0 Å². The first-order valence-electron chi connectivity index (χ1n) is 13.6. The SMILES string of the molecule is CCCCCCCCCCCCCCCC(=O)OC[C@H](O)COC(=O)CCCCCCC. The average Bonchev–Trinajstić information content (AvgIpc) is 2.79. The van der Waals surface area contributed by atoms with E-state index in [1.165, 1.54) is 83.5 Å². The summed E-state index contributed by atoms with van der Waals surface area (Å²) in [7, 11) is 0. The van der Waals surface area contributed by atoms with Crippen LogP contribution in [0.5, 0.6) is 0 Å². The zero-order valence-corrected chi connectivity index (χ0v) is 21.2. The Kier molecular flexibility index (Phi) is 23.7. The molecule has 0 heterocycles. The Morgan fingerprint density at radius 2 is 0.812 bits per heavy atom. The molecule has 0 saturated carbocycles. The van der Waals surface area contributed by atoms with E-state index in [4.69, 9.17) is 9.47 Å². The van der Waals surface area contributed by atoms with Crippen molar-refractivity contribution in [2.24, 2.45) is 0 Å². The monoisotopic (exact) mass is 456 g/mol. The molecule has 5 nitrogen and oxygen atoms in total. The predicted molar refractivity (Wildman–Crippen MR) is 132 cm³/mol. The minimum absolute atomic E-state index is 0.110. The molecule has 0 bridgehead atoms. The minimum Gasteiger partial charge on any atom is -0.463 e. The molecule has 0 unspecified atom stereocenters. The van der Waals surface area contributed by atoms with Crippen LogP contribution in [0.1, 0.15) is 142 Å². The van der Waals surface area contributed by atoms with Gasteiger partial charge in [0.1, 0.15) is 19.3 Å². The third-order valence-electron chi connectivity index (χ3n) is 5.84. The Morgan fingerprint density at radius 3 is 1.12 bits per heavy atom. The van der Waals surface area contributed by atoms with Crippen LogP contribution in [0.25, 0.3) is 0 Å². The van der Waals surface area contributed by atoms with Crippen molar-refractivity contribution in [2.75, 3.05) is 13.2 Å². The fourth-order valence-corrected chi connectivity index (χ4v) is 3.73. The molecule has 5 heteroatoms. The summed E-state index contributed by atoms with van der Waals surface area (Å²) in [6, 6.07) is 0. The van der Waals surface area contributed by atoms with Gasteiger partial charge in [-0.05, 0) is 12.8 Å². The van der Waals surface area contributed by atoms with E-state index < -0.39 is 6.10 Å². The molecule has 32 heavy (non-hydrogen) atoms. The summed E-state index contributed by atoms with van der Waals surface area (Å²) in [5, 5.41) is 9.82. The van der Waals surface area contributed by atoms with E-state index in [2.05, 4.69) is 13.8 Å². The Balaban J connectivity index is 3.40. The summed E-state index contributed by atoms with van der Waals surface area (Å²) < 4.78 is 10.1. The number of aliphatic hydroxyl groups is 1. The molecule has 0 radical (unpaired) electrons. The number of unbranched alkanes of at least 4 members (excludes halogenated alkanes) is 16. The van der Waals surface area contributed by atoms with Crippen molar-refractivity contribution in [2.45, 2.75) is 148 Å². The van der Waals surface area contributed by atoms with Crippen molar-refractivity contribution >= 4 is 11.9 Å². The lowest BCUT2D eigenvalue weighted by Gasteiger charge is -2.12. The highest BCUT2D eigenvalue weighted by Crippen LogP contribution is 2.13. The van der Waals surface area contributed by atoms with Gasteiger partial charge in [-0.3, -0.25) is 9.59 Å². The van der Waals surface area contributed by atoms with Crippen molar-refractivity contribution in [1.82, 2.24) is 0 Å². The van der Waals surface area contributed by atoms with E-state index in [1.807, 2.05) is 0 Å². The lowest BCUT2D eigenvalue weighted by atomic mass is 10.0. The van der Waals surface area contributed by atoms with Crippen molar-refractivity contribution in [1.29, 1.82) is 0 Å². The van der Waals surface area contributed by atoms with Crippen LogP contribution >= 0.6 is 0 Å². The molecule has 0 fully saturated rings. The number of rotatable bonds is 24. The van der Waals surface area contributed by atoms with Gasteiger partial charge in [0, 0.05) is 12.8 Å². The van der Waals surface area contributed by atoms with Gasteiger partial charge in [0.25, 0.3) is 0 Å². The highest BCUT2D eigenvalue weighted by Gasteiger charge is 2.12. The van der Waals surface area contributed by atoms with Crippen molar-refractivity contribution in [3.63, 3.8) is 0 Å². The third-order valence-corrected chi connectivity index (χ3v) is 5.84. The second kappa shape index (κ2) is 24.5. The normalized spacial score (nSPS) is 12.0. The highest BCUT2D eigenvalue weighted by molar-refractivity contribution is 5.69. The third kappa shape index (κ3) is 23.6. The van der Waals surface area contributed by atoms with Crippen LogP contribution in [0.3, 0.4) is 0 Å². The molecule has 0 aromatic heterocycles. The molecule has 0 aliphatic rings. The molecule has 0 saturated heterocycles. The summed E-state index contributed by atoms with van der Waals surface area (Å²) >= 11 is 0. The Labute approximate surface area is 198 Å². The van der Waals surface area contributed by atoms with E-state index in [-0.39, 0.29) is 25.2 Å². The van der Waals surface area contributed by atoms with Gasteiger partial charge in [-0.1, -0.05) is 117 Å². The van der Waals surface area contributed by atoms with E-state index in [1.54, 1.807) is 0 Å². The maximum absolute atomic E-state index is 11.8. The van der Waals surface area contributed by atoms with Gasteiger partial charge < -0.3 is 14.6 Å².